The Morgan fingerprint density at radius 2 is 1.93 bits per heavy atom. The Balaban J connectivity index is 2.69. The third kappa shape index (κ3) is 1.26. The number of aromatic amines is 2. The van der Waals surface area contributed by atoms with Crippen LogP contribution in [0.4, 0.5) is 10.1 Å². The fraction of sp³-hybridized carbons (Fsp3) is 0. The number of H-pyrrole nitrogens is 2. The van der Waals surface area contributed by atoms with Gasteiger partial charge in [-0.25, -0.2) is 9.18 Å². The zero-order valence-corrected chi connectivity index (χ0v) is 6.93. The summed E-state index contributed by atoms with van der Waals surface area (Å²) in [6.45, 7) is 0. The summed E-state index contributed by atoms with van der Waals surface area (Å²) < 4.78 is 13.2. The maximum Gasteiger partial charge on any atom is 0.323 e. The smallest absolute Gasteiger partial charge is 0.323 e. The summed E-state index contributed by atoms with van der Waals surface area (Å²) in [4.78, 5) is 25.8. The fourth-order valence-corrected chi connectivity index (χ4v) is 1.23. The van der Waals surface area contributed by atoms with Crippen molar-refractivity contribution < 1.29 is 9.18 Å². The Hall–Kier alpha value is -2.11. The topological polar surface area (TPSA) is 77.8 Å². The van der Waals surface area contributed by atoms with Gasteiger partial charge in [0.2, 0.25) is 6.41 Å². The molecular weight excluding hydrogens is 189 g/mol. The fourth-order valence-electron chi connectivity index (χ4n) is 1.23. The highest BCUT2D eigenvalue weighted by Gasteiger charge is 2.05. The van der Waals surface area contributed by atoms with E-state index in [2.05, 4.69) is 15.3 Å². The minimum Gasteiger partial charge on any atom is -0.326 e. The van der Waals surface area contributed by atoms with Crippen molar-refractivity contribution in [1.82, 2.24) is 9.97 Å². The molecule has 0 bridgehead atoms. The van der Waals surface area contributed by atoms with E-state index in [1.165, 1.54) is 6.07 Å². The molecule has 5 nitrogen and oxygen atoms in total. The monoisotopic (exact) mass is 195 g/mol. The number of fused-ring (bicyclic) bond motifs is 1. The van der Waals surface area contributed by atoms with E-state index in [9.17, 15) is 14.0 Å². The van der Waals surface area contributed by atoms with Gasteiger partial charge in [-0.3, -0.25) is 4.79 Å². The van der Waals surface area contributed by atoms with Crippen LogP contribution in [0.15, 0.2) is 16.9 Å². The zero-order valence-electron chi connectivity index (χ0n) is 6.93. The van der Waals surface area contributed by atoms with Crippen molar-refractivity contribution in [2.45, 2.75) is 0 Å². The lowest BCUT2D eigenvalue weighted by molar-refractivity contribution is -0.105. The summed E-state index contributed by atoms with van der Waals surface area (Å²) >= 11 is 0. The predicted octanol–water partition coefficient (Wildman–Crippen LogP) is 0.564. The molecular formula is C8H6FN3O2. The number of hydrogen-bond donors (Lipinski definition) is 3. The quantitative estimate of drug-likeness (QED) is 0.612. The maximum atomic E-state index is 13.2. The summed E-state index contributed by atoms with van der Waals surface area (Å²) in [5, 5.41) is 2.19. The van der Waals surface area contributed by atoms with Gasteiger partial charge >= 0.3 is 5.69 Å². The predicted molar refractivity (Wildman–Crippen MR) is 48.6 cm³/mol. The van der Waals surface area contributed by atoms with E-state index in [4.69, 9.17) is 0 Å². The number of aromatic nitrogens is 2. The molecule has 2 rings (SSSR count). The Morgan fingerprint density at radius 3 is 2.57 bits per heavy atom. The minimum absolute atomic E-state index is 0.0303. The molecule has 0 radical (unpaired) electrons. The number of carbonyl (C=O) groups excluding carboxylic acids is 1. The molecule has 0 aliphatic heterocycles. The molecule has 14 heavy (non-hydrogen) atoms. The maximum absolute atomic E-state index is 13.2. The number of benzene rings is 1. The Kier molecular flexibility index (Phi) is 1.81. The average molecular weight is 195 g/mol. The van der Waals surface area contributed by atoms with Crippen LogP contribution in [0.3, 0.4) is 0 Å². The third-order valence-electron chi connectivity index (χ3n) is 1.82. The summed E-state index contributed by atoms with van der Waals surface area (Å²) in [6, 6.07) is 2.48. The van der Waals surface area contributed by atoms with E-state index in [1.54, 1.807) is 0 Å². The number of imidazole rings is 1. The third-order valence-corrected chi connectivity index (χ3v) is 1.82. The van der Waals surface area contributed by atoms with E-state index < -0.39 is 11.5 Å². The van der Waals surface area contributed by atoms with Crippen LogP contribution in [-0.4, -0.2) is 16.4 Å². The lowest BCUT2D eigenvalue weighted by Gasteiger charge is -1.99. The van der Waals surface area contributed by atoms with Crippen LogP contribution in [0.25, 0.3) is 11.0 Å². The molecule has 0 unspecified atom stereocenters. The highest BCUT2D eigenvalue weighted by atomic mass is 19.1. The molecule has 0 saturated heterocycles. The zero-order chi connectivity index (χ0) is 10.1. The van der Waals surface area contributed by atoms with Crippen molar-refractivity contribution in [2.75, 3.05) is 5.32 Å². The second-order valence-electron chi connectivity index (χ2n) is 2.72. The van der Waals surface area contributed by atoms with Crippen molar-refractivity contribution in [3.05, 3.63) is 28.4 Å². The van der Waals surface area contributed by atoms with Crippen molar-refractivity contribution >= 4 is 23.1 Å². The van der Waals surface area contributed by atoms with E-state index in [0.29, 0.717) is 17.4 Å². The average Bonchev–Trinajstić information content (AvgIpc) is 2.45. The van der Waals surface area contributed by atoms with Gasteiger partial charge < -0.3 is 15.3 Å². The van der Waals surface area contributed by atoms with Gasteiger partial charge in [0.05, 0.1) is 16.7 Å². The second kappa shape index (κ2) is 2.99. The first-order valence-electron chi connectivity index (χ1n) is 3.82. The molecule has 0 aliphatic carbocycles. The molecule has 0 fully saturated rings. The number of halogens is 1. The van der Waals surface area contributed by atoms with Crippen LogP contribution in [0.1, 0.15) is 0 Å². The Bertz CT molecular complexity index is 543. The number of rotatable bonds is 2. The number of nitrogens with one attached hydrogen (secondary N) is 3. The molecule has 0 saturated carbocycles. The SMILES string of the molecule is O=CNc1cc2[nH]c(=O)[nH]c2cc1F. The van der Waals surface area contributed by atoms with Gasteiger partial charge in [-0.15, -0.1) is 0 Å². The van der Waals surface area contributed by atoms with Crippen LogP contribution in [-0.2, 0) is 4.79 Å². The molecule has 1 aromatic heterocycles. The van der Waals surface area contributed by atoms with Gasteiger partial charge in [0.1, 0.15) is 5.82 Å². The largest absolute Gasteiger partial charge is 0.326 e. The number of carbonyl (C=O) groups is 1. The Morgan fingerprint density at radius 1 is 1.29 bits per heavy atom. The standard InChI is InChI=1S/C8H6FN3O2/c9-4-1-6-7(12-8(14)11-6)2-5(4)10-3-13/h1-3H,(H,10,13)(H2,11,12,14). The van der Waals surface area contributed by atoms with Gasteiger partial charge in [0.15, 0.2) is 0 Å². The summed E-state index contributed by atoms with van der Waals surface area (Å²) in [5.74, 6) is -0.597. The van der Waals surface area contributed by atoms with Gasteiger partial charge in [-0.1, -0.05) is 0 Å². The number of amides is 1. The first-order chi connectivity index (χ1) is 6.70. The lowest BCUT2D eigenvalue weighted by atomic mass is 10.2. The van der Waals surface area contributed by atoms with Crippen LogP contribution in [0.5, 0.6) is 0 Å². The second-order valence-corrected chi connectivity index (χ2v) is 2.72. The van der Waals surface area contributed by atoms with E-state index >= 15 is 0 Å². The Labute approximate surface area is 76.9 Å². The van der Waals surface area contributed by atoms with E-state index in [-0.39, 0.29) is 5.69 Å². The van der Waals surface area contributed by atoms with E-state index in [0.717, 1.165) is 6.07 Å². The van der Waals surface area contributed by atoms with Crippen molar-refractivity contribution in [3.63, 3.8) is 0 Å². The highest BCUT2D eigenvalue weighted by Crippen LogP contribution is 2.18. The summed E-state index contributed by atoms with van der Waals surface area (Å²) in [7, 11) is 0. The molecule has 0 aliphatic rings. The van der Waals surface area contributed by atoms with E-state index in [1.807, 2.05) is 0 Å². The van der Waals surface area contributed by atoms with Crippen LogP contribution >= 0.6 is 0 Å². The van der Waals surface area contributed by atoms with Gasteiger partial charge in [0.25, 0.3) is 0 Å². The van der Waals surface area contributed by atoms with Crippen LogP contribution in [0.2, 0.25) is 0 Å². The van der Waals surface area contributed by atoms with Crippen LogP contribution < -0.4 is 11.0 Å². The summed E-state index contributed by atoms with van der Waals surface area (Å²) in [6.07, 6.45) is 0.370. The first-order valence-corrected chi connectivity index (χ1v) is 3.82. The molecule has 2 aromatic rings. The number of hydrogen-bond acceptors (Lipinski definition) is 2. The normalized spacial score (nSPS) is 10.4. The van der Waals surface area contributed by atoms with Crippen LogP contribution in [0, 0.1) is 5.82 Å². The van der Waals surface area contributed by atoms with Gasteiger partial charge in [0, 0.05) is 6.07 Å². The van der Waals surface area contributed by atoms with Crippen molar-refractivity contribution in [2.24, 2.45) is 0 Å². The minimum atomic E-state index is -0.597. The molecule has 1 aromatic carbocycles. The number of anilines is 1. The van der Waals surface area contributed by atoms with Gasteiger partial charge in [-0.05, 0) is 6.07 Å². The molecule has 0 spiro atoms. The molecule has 3 N–H and O–H groups in total. The molecule has 1 amide bonds. The molecule has 1 heterocycles. The summed E-state index contributed by atoms with van der Waals surface area (Å²) in [5.41, 5.74) is 0.426. The first kappa shape index (κ1) is 8.49. The molecule has 6 heteroatoms. The van der Waals surface area contributed by atoms with Gasteiger partial charge in [-0.2, -0.15) is 0 Å². The lowest BCUT2D eigenvalue weighted by Crippen LogP contribution is -1.99. The highest BCUT2D eigenvalue weighted by molar-refractivity contribution is 5.83. The molecule has 0 atom stereocenters. The van der Waals surface area contributed by atoms with Crippen molar-refractivity contribution in [1.29, 1.82) is 0 Å². The van der Waals surface area contributed by atoms with Crippen molar-refractivity contribution in [3.8, 4) is 0 Å². The molecule has 72 valence electrons.